The number of aromatic nitrogens is 2. The molecular formula is C15H15FN2O2. The van der Waals surface area contributed by atoms with Crippen LogP contribution in [0.3, 0.4) is 0 Å². The number of benzene rings is 1. The van der Waals surface area contributed by atoms with E-state index in [1.165, 1.54) is 39.8 Å². The first kappa shape index (κ1) is 12.8. The van der Waals surface area contributed by atoms with Crippen LogP contribution in [0.25, 0.3) is 5.69 Å². The van der Waals surface area contributed by atoms with Crippen molar-refractivity contribution in [2.24, 2.45) is 5.92 Å². The van der Waals surface area contributed by atoms with Gasteiger partial charge in [-0.1, -0.05) is 6.42 Å². The molecule has 1 aromatic heterocycles. The SMILES string of the molecule is O=c1c(=O)n(-c2ccc(F)cc2)ccn1CC1CCC1. The minimum absolute atomic E-state index is 0.375. The van der Waals surface area contributed by atoms with Gasteiger partial charge < -0.3 is 4.57 Å². The zero-order valence-corrected chi connectivity index (χ0v) is 11.0. The molecule has 1 aliphatic rings. The summed E-state index contributed by atoms with van der Waals surface area (Å²) in [4.78, 5) is 24.2. The molecule has 1 aromatic carbocycles. The molecule has 1 heterocycles. The lowest BCUT2D eigenvalue weighted by atomic mass is 9.85. The third-order valence-corrected chi connectivity index (χ3v) is 3.84. The van der Waals surface area contributed by atoms with Crippen LogP contribution in [0.4, 0.5) is 4.39 Å². The van der Waals surface area contributed by atoms with Gasteiger partial charge in [-0.3, -0.25) is 14.2 Å². The molecule has 0 unspecified atom stereocenters. The summed E-state index contributed by atoms with van der Waals surface area (Å²) in [5.74, 6) is 0.133. The van der Waals surface area contributed by atoms with Gasteiger partial charge in [-0.15, -0.1) is 0 Å². The maximum absolute atomic E-state index is 12.9. The number of rotatable bonds is 3. The normalized spacial score (nSPS) is 15.1. The number of hydrogen-bond acceptors (Lipinski definition) is 2. The van der Waals surface area contributed by atoms with E-state index in [1.54, 1.807) is 12.4 Å². The van der Waals surface area contributed by atoms with Gasteiger partial charge in [-0.25, -0.2) is 4.39 Å². The molecule has 3 rings (SSSR count). The zero-order valence-electron chi connectivity index (χ0n) is 11.0. The van der Waals surface area contributed by atoms with Gasteiger partial charge in [0.1, 0.15) is 5.82 Å². The second kappa shape index (κ2) is 5.07. The van der Waals surface area contributed by atoms with E-state index in [0.717, 1.165) is 12.8 Å². The van der Waals surface area contributed by atoms with Gasteiger partial charge in [0, 0.05) is 24.6 Å². The Bertz CT molecular complexity index is 727. The van der Waals surface area contributed by atoms with E-state index in [9.17, 15) is 14.0 Å². The van der Waals surface area contributed by atoms with Crippen LogP contribution in [0.5, 0.6) is 0 Å². The fourth-order valence-electron chi connectivity index (χ4n) is 2.41. The fourth-order valence-corrected chi connectivity index (χ4v) is 2.41. The van der Waals surface area contributed by atoms with Crippen LogP contribution in [0.15, 0.2) is 46.2 Å². The highest BCUT2D eigenvalue weighted by Crippen LogP contribution is 2.27. The van der Waals surface area contributed by atoms with E-state index in [0.29, 0.717) is 18.2 Å². The molecular weight excluding hydrogens is 259 g/mol. The largest absolute Gasteiger partial charge is 0.320 e. The van der Waals surface area contributed by atoms with Crippen molar-refractivity contribution in [3.05, 3.63) is 63.2 Å². The molecule has 0 N–H and O–H groups in total. The van der Waals surface area contributed by atoms with Gasteiger partial charge >= 0.3 is 11.1 Å². The lowest BCUT2D eigenvalue weighted by Gasteiger charge is -2.25. The molecule has 2 aromatic rings. The van der Waals surface area contributed by atoms with Crippen LogP contribution in [-0.2, 0) is 6.54 Å². The standard InChI is InChI=1S/C15H15FN2O2/c16-12-4-6-13(7-5-12)18-9-8-17(14(19)15(18)20)10-11-2-1-3-11/h4-9,11H,1-3,10H2. The van der Waals surface area contributed by atoms with Gasteiger partial charge in [0.2, 0.25) is 0 Å². The van der Waals surface area contributed by atoms with E-state index < -0.39 is 11.1 Å². The van der Waals surface area contributed by atoms with Gasteiger partial charge in [0.15, 0.2) is 0 Å². The van der Waals surface area contributed by atoms with Crippen molar-refractivity contribution in [3.63, 3.8) is 0 Å². The summed E-state index contributed by atoms with van der Waals surface area (Å²) in [6.07, 6.45) is 6.63. The third kappa shape index (κ3) is 2.31. The van der Waals surface area contributed by atoms with Crippen LogP contribution < -0.4 is 11.1 Å². The molecule has 0 atom stereocenters. The van der Waals surface area contributed by atoms with Gasteiger partial charge in [-0.05, 0) is 43.0 Å². The Morgan fingerprint density at radius 1 is 1.05 bits per heavy atom. The summed E-state index contributed by atoms with van der Waals surface area (Å²) >= 11 is 0. The fraction of sp³-hybridized carbons (Fsp3) is 0.333. The summed E-state index contributed by atoms with van der Waals surface area (Å²) < 4.78 is 15.6. The van der Waals surface area contributed by atoms with Gasteiger partial charge in [0.25, 0.3) is 0 Å². The van der Waals surface area contributed by atoms with Crippen molar-refractivity contribution in [1.29, 1.82) is 0 Å². The topological polar surface area (TPSA) is 44.0 Å². The first-order valence-electron chi connectivity index (χ1n) is 6.73. The molecule has 1 saturated carbocycles. The lowest BCUT2D eigenvalue weighted by Crippen LogP contribution is -2.41. The zero-order chi connectivity index (χ0) is 14.1. The Balaban J connectivity index is 1.97. The van der Waals surface area contributed by atoms with Crippen LogP contribution in [0, 0.1) is 11.7 Å². The minimum atomic E-state index is -0.599. The first-order valence-corrected chi connectivity index (χ1v) is 6.73. The molecule has 0 amide bonds. The van der Waals surface area contributed by atoms with Gasteiger partial charge in [-0.2, -0.15) is 0 Å². The average Bonchev–Trinajstić information content (AvgIpc) is 2.40. The van der Waals surface area contributed by atoms with Crippen molar-refractivity contribution in [3.8, 4) is 5.69 Å². The van der Waals surface area contributed by atoms with E-state index in [1.807, 2.05) is 0 Å². The molecule has 104 valence electrons. The van der Waals surface area contributed by atoms with E-state index in [2.05, 4.69) is 0 Å². The van der Waals surface area contributed by atoms with Crippen molar-refractivity contribution in [2.45, 2.75) is 25.8 Å². The highest BCUT2D eigenvalue weighted by molar-refractivity contribution is 5.31. The molecule has 0 spiro atoms. The molecule has 0 radical (unpaired) electrons. The Kier molecular flexibility index (Phi) is 3.26. The molecule has 1 fully saturated rings. The maximum atomic E-state index is 12.9. The number of hydrogen-bond donors (Lipinski definition) is 0. The summed E-state index contributed by atoms with van der Waals surface area (Å²) in [6.45, 7) is 0.609. The lowest BCUT2D eigenvalue weighted by molar-refractivity contribution is 0.272. The van der Waals surface area contributed by atoms with Crippen LogP contribution in [0.2, 0.25) is 0 Å². The average molecular weight is 274 g/mol. The minimum Gasteiger partial charge on any atom is -0.309 e. The molecule has 0 bridgehead atoms. The van der Waals surface area contributed by atoms with Crippen LogP contribution >= 0.6 is 0 Å². The predicted octanol–water partition coefficient (Wildman–Crippen LogP) is 1.94. The van der Waals surface area contributed by atoms with Crippen LogP contribution in [-0.4, -0.2) is 9.13 Å². The van der Waals surface area contributed by atoms with Crippen LogP contribution in [0.1, 0.15) is 19.3 Å². The number of nitrogens with zero attached hydrogens (tertiary/aromatic N) is 2. The molecule has 5 heteroatoms. The summed E-state index contributed by atoms with van der Waals surface area (Å²) in [5.41, 5.74) is -0.633. The molecule has 4 nitrogen and oxygen atoms in total. The Hall–Kier alpha value is -2.17. The van der Waals surface area contributed by atoms with Crippen molar-refractivity contribution in [1.82, 2.24) is 9.13 Å². The maximum Gasteiger partial charge on any atom is 0.320 e. The van der Waals surface area contributed by atoms with Gasteiger partial charge in [0.05, 0.1) is 0 Å². The van der Waals surface area contributed by atoms with Crippen molar-refractivity contribution in [2.75, 3.05) is 0 Å². The molecule has 20 heavy (non-hydrogen) atoms. The second-order valence-electron chi connectivity index (χ2n) is 5.20. The monoisotopic (exact) mass is 274 g/mol. The molecule has 1 aliphatic carbocycles. The molecule has 0 aliphatic heterocycles. The van der Waals surface area contributed by atoms with E-state index in [4.69, 9.17) is 0 Å². The second-order valence-corrected chi connectivity index (χ2v) is 5.20. The Morgan fingerprint density at radius 3 is 2.35 bits per heavy atom. The van der Waals surface area contributed by atoms with E-state index >= 15 is 0 Å². The smallest absolute Gasteiger partial charge is 0.309 e. The quantitative estimate of drug-likeness (QED) is 0.803. The highest BCUT2D eigenvalue weighted by Gasteiger charge is 2.19. The molecule has 0 saturated heterocycles. The highest BCUT2D eigenvalue weighted by atomic mass is 19.1. The summed E-state index contributed by atoms with van der Waals surface area (Å²) in [7, 11) is 0. The summed E-state index contributed by atoms with van der Waals surface area (Å²) in [5, 5.41) is 0. The Labute approximate surface area is 115 Å². The van der Waals surface area contributed by atoms with E-state index in [-0.39, 0.29) is 5.82 Å². The summed E-state index contributed by atoms with van der Waals surface area (Å²) in [6, 6.07) is 5.49. The third-order valence-electron chi connectivity index (χ3n) is 3.84. The Morgan fingerprint density at radius 2 is 1.75 bits per heavy atom. The predicted molar refractivity (Wildman–Crippen MR) is 73.6 cm³/mol. The first-order chi connectivity index (χ1) is 9.65. The van der Waals surface area contributed by atoms with Crippen molar-refractivity contribution >= 4 is 0 Å². The number of halogens is 1. The van der Waals surface area contributed by atoms with Crippen molar-refractivity contribution < 1.29 is 4.39 Å².